The second-order valence-electron chi connectivity index (χ2n) is 8.50. The Morgan fingerprint density at radius 2 is 1.82 bits per heavy atom. The first kappa shape index (κ1) is 23.7. The number of aromatic nitrogens is 1. The Morgan fingerprint density at radius 3 is 2.53 bits per heavy atom. The topological polar surface area (TPSA) is 57.7 Å². The molecule has 0 unspecified atom stereocenters. The Labute approximate surface area is 200 Å². The van der Waals surface area contributed by atoms with Gasteiger partial charge in [-0.25, -0.2) is 9.37 Å². The van der Waals surface area contributed by atoms with Crippen LogP contribution in [0, 0.1) is 5.82 Å². The molecule has 1 N–H and O–H groups in total. The first-order valence-electron chi connectivity index (χ1n) is 11.7. The number of nitrogens with one attached hydrogen (secondary N) is 1. The standard InChI is InChI=1S/C27H31FN4O2/c1-3-34-24-10-7-21(8-11-24)25-12-9-23(30-27(25)32-15-13-31(2)14-16-32)18-26(33)29-19-20-5-4-6-22(28)17-20/h4-12,17H,3,13-16,18-19H2,1-2H3,(H,29,33). The van der Waals surface area contributed by atoms with Crippen LogP contribution in [0.1, 0.15) is 18.2 Å². The summed E-state index contributed by atoms with van der Waals surface area (Å²) in [6.45, 7) is 6.56. The third kappa shape index (κ3) is 6.11. The average Bonchev–Trinajstić information content (AvgIpc) is 2.84. The van der Waals surface area contributed by atoms with Crippen LogP contribution in [0.3, 0.4) is 0 Å². The van der Waals surface area contributed by atoms with E-state index in [0.717, 1.165) is 54.4 Å². The van der Waals surface area contributed by atoms with Gasteiger partial charge in [0, 0.05) is 38.3 Å². The molecule has 34 heavy (non-hydrogen) atoms. The SMILES string of the molecule is CCOc1ccc(-c2ccc(CC(=O)NCc3cccc(F)c3)nc2N2CCN(C)CC2)cc1. The Bertz CT molecular complexity index is 1110. The molecule has 0 radical (unpaired) electrons. The predicted molar refractivity (Wildman–Crippen MR) is 133 cm³/mol. The number of carbonyl (C=O) groups is 1. The maximum atomic E-state index is 13.4. The molecule has 2 heterocycles. The molecule has 0 aliphatic carbocycles. The molecule has 0 atom stereocenters. The molecule has 1 aliphatic rings. The molecule has 0 saturated carbocycles. The van der Waals surface area contributed by atoms with Crippen LogP contribution in [-0.4, -0.2) is 55.6 Å². The summed E-state index contributed by atoms with van der Waals surface area (Å²) in [4.78, 5) is 22.1. The lowest BCUT2D eigenvalue weighted by molar-refractivity contribution is -0.120. The number of piperazine rings is 1. The van der Waals surface area contributed by atoms with Crippen LogP contribution >= 0.6 is 0 Å². The molecule has 0 spiro atoms. The van der Waals surface area contributed by atoms with Crippen LogP contribution in [0.2, 0.25) is 0 Å². The highest BCUT2D eigenvalue weighted by atomic mass is 19.1. The lowest BCUT2D eigenvalue weighted by Crippen LogP contribution is -2.45. The number of ether oxygens (including phenoxy) is 1. The zero-order valence-corrected chi connectivity index (χ0v) is 19.8. The number of rotatable bonds is 8. The summed E-state index contributed by atoms with van der Waals surface area (Å²) in [5, 5.41) is 2.86. The van der Waals surface area contributed by atoms with E-state index in [9.17, 15) is 9.18 Å². The van der Waals surface area contributed by atoms with Crippen molar-refractivity contribution in [3.63, 3.8) is 0 Å². The van der Waals surface area contributed by atoms with Crippen molar-refractivity contribution in [2.75, 3.05) is 44.7 Å². The molecule has 1 saturated heterocycles. The van der Waals surface area contributed by atoms with E-state index in [1.54, 1.807) is 12.1 Å². The lowest BCUT2D eigenvalue weighted by atomic mass is 10.0. The number of halogens is 1. The van der Waals surface area contributed by atoms with Crippen molar-refractivity contribution in [2.24, 2.45) is 0 Å². The zero-order chi connectivity index (χ0) is 23.9. The van der Waals surface area contributed by atoms with Gasteiger partial charge in [-0.15, -0.1) is 0 Å². The van der Waals surface area contributed by atoms with Crippen LogP contribution in [0.25, 0.3) is 11.1 Å². The number of hydrogen-bond acceptors (Lipinski definition) is 5. The van der Waals surface area contributed by atoms with E-state index in [0.29, 0.717) is 12.3 Å². The van der Waals surface area contributed by atoms with Crippen molar-refractivity contribution >= 4 is 11.7 Å². The smallest absolute Gasteiger partial charge is 0.226 e. The molecule has 3 aromatic rings. The normalized spacial score (nSPS) is 14.1. The van der Waals surface area contributed by atoms with Crippen LogP contribution < -0.4 is 15.0 Å². The molecule has 2 aromatic carbocycles. The Kier molecular flexibility index (Phi) is 7.75. The molecule has 1 aliphatic heterocycles. The van der Waals surface area contributed by atoms with E-state index in [-0.39, 0.29) is 24.7 Å². The molecule has 1 fully saturated rings. The number of hydrogen-bond donors (Lipinski definition) is 1. The van der Waals surface area contributed by atoms with Crippen molar-refractivity contribution in [1.29, 1.82) is 0 Å². The third-order valence-electron chi connectivity index (χ3n) is 5.93. The summed E-state index contributed by atoms with van der Waals surface area (Å²) in [5.41, 5.74) is 3.54. The average molecular weight is 463 g/mol. The van der Waals surface area contributed by atoms with Crippen molar-refractivity contribution < 1.29 is 13.9 Å². The number of anilines is 1. The van der Waals surface area contributed by atoms with Gasteiger partial charge in [0.25, 0.3) is 0 Å². The minimum absolute atomic E-state index is 0.144. The molecule has 6 nitrogen and oxygen atoms in total. The first-order valence-corrected chi connectivity index (χ1v) is 11.7. The predicted octanol–water partition coefficient (Wildman–Crippen LogP) is 3.90. The number of nitrogens with zero attached hydrogens (tertiary/aromatic N) is 3. The number of benzene rings is 2. The second kappa shape index (κ2) is 11.1. The molecule has 1 amide bonds. The van der Waals surface area contributed by atoms with Gasteiger partial charge in [-0.1, -0.05) is 24.3 Å². The van der Waals surface area contributed by atoms with Crippen LogP contribution in [0.5, 0.6) is 5.75 Å². The molecular weight excluding hydrogens is 431 g/mol. The van der Waals surface area contributed by atoms with Gasteiger partial charge in [0.15, 0.2) is 0 Å². The Hall–Kier alpha value is -3.45. The second-order valence-corrected chi connectivity index (χ2v) is 8.50. The van der Waals surface area contributed by atoms with Crippen LogP contribution in [0.4, 0.5) is 10.2 Å². The molecule has 4 rings (SSSR count). The van der Waals surface area contributed by atoms with E-state index < -0.39 is 0 Å². The van der Waals surface area contributed by atoms with E-state index in [1.165, 1.54) is 12.1 Å². The van der Waals surface area contributed by atoms with Crippen molar-refractivity contribution in [1.82, 2.24) is 15.2 Å². The van der Waals surface area contributed by atoms with E-state index >= 15 is 0 Å². The highest BCUT2D eigenvalue weighted by Crippen LogP contribution is 2.31. The fourth-order valence-electron chi connectivity index (χ4n) is 4.04. The maximum Gasteiger partial charge on any atom is 0.226 e. The van der Waals surface area contributed by atoms with E-state index in [2.05, 4.69) is 22.2 Å². The summed E-state index contributed by atoms with van der Waals surface area (Å²) in [5.74, 6) is 1.28. The molecular formula is C27H31FN4O2. The fraction of sp³-hybridized carbons (Fsp3) is 0.333. The monoisotopic (exact) mass is 462 g/mol. The minimum atomic E-state index is -0.310. The summed E-state index contributed by atoms with van der Waals surface area (Å²) >= 11 is 0. The van der Waals surface area contributed by atoms with Gasteiger partial charge in [-0.3, -0.25) is 4.79 Å². The first-order chi connectivity index (χ1) is 16.5. The van der Waals surface area contributed by atoms with Gasteiger partial charge >= 0.3 is 0 Å². The van der Waals surface area contributed by atoms with Gasteiger partial charge in [0.1, 0.15) is 17.4 Å². The zero-order valence-electron chi connectivity index (χ0n) is 19.8. The van der Waals surface area contributed by atoms with Crippen LogP contribution in [0.15, 0.2) is 60.7 Å². The minimum Gasteiger partial charge on any atom is -0.494 e. The van der Waals surface area contributed by atoms with Crippen molar-refractivity contribution in [3.05, 3.63) is 77.7 Å². The quantitative estimate of drug-likeness (QED) is 0.550. The van der Waals surface area contributed by atoms with Gasteiger partial charge in [0.2, 0.25) is 5.91 Å². The van der Waals surface area contributed by atoms with E-state index in [1.807, 2.05) is 43.3 Å². The molecule has 0 bridgehead atoms. The van der Waals surface area contributed by atoms with Gasteiger partial charge < -0.3 is 19.9 Å². The summed E-state index contributed by atoms with van der Waals surface area (Å²) in [6.07, 6.45) is 0.166. The molecule has 1 aromatic heterocycles. The molecule has 7 heteroatoms. The maximum absolute atomic E-state index is 13.4. The largest absolute Gasteiger partial charge is 0.494 e. The Morgan fingerprint density at radius 1 is 1.06 bits per heavy atom. The lowest BCUT2D eigenvalue weighted by Gasteiger charge is -2.34. The van der Waals surface area contributed by atoms with Crippen molar-refractivity contribution in [3.8, 4) is 16.9 Å². The Balaban J connectivity index is 1.53. The summed E-state index contributed by atoms with van der Waals surface area (Å²) in [7, 11) is 2.12. The third-order valence-corrected chi connectivity index (χ3v) is 5.93. The fourth-order valence-corrected chi connectivity index (χ4v) is 4.04. The van der Waals surface area contributed by atoms with E-state index in [4.69, 9.17) is 9.72 Å². The van der Waals surface area contributed by atoms with Gasteiger partial charge in [0.05, 0.1) is 18.7 Å². The number of likely N-dealkylation sites (N-methyl/N-ethyl adjacent to an activating group) is 1. The van der Waals surface area contributed by atoms with Crippen LogP contribution in [-0.2, 0) is 17.8 Å². The summed E-state index contributed by atoms with van der Waals surface area (Å²) < 4.78 is 19.0. The molecule has 178 valence electrons. The summed E-state index contributed by atoms with van der Waals surface area (Å²) in [6, 6.07) is 18.2. The van der Waals surface area contributed by atoms with Crippen molar-refractivity contribution in [2.45, 2.75) is 19.9 Å². The highest BCUT2D eigenvalue weighted by Gasteiger charge is 2.20. The number of pyridine rings is 1. The highest BCUT2D eigenvalue weighted by molar-refractivity contribution is 5.80. The van der Waals surface area contributed by atoms with Gasteiger partial charge in [-0.2, -0.15) is 0 Å². The number of amides is 1. The number of carbonyl (C=O) groups excluding carboxylic acids is 1. The van der Waals surface area contributed by atoms with Gasteiger partial charge in [-0.05, 0) is 61.5 Å².